The number of halogens is 1. The Bertz CT molecular complexity index is 952. The van der Waals surface area contributed by atoms with Crippen LogP contribution in [0.1, 0.15) is 54.9 Å². The van der Waals surface area contributed by atoms with Crippen LogP contribution >= 0.6 is 11.6 Å². The number of nitrogens with zero attached hydrogens (tertiary/aromatic N) is 1. The van der Waals surface area contributed by atoms with Crippen molar-refractivity contribution >= 4 is 23.4 Å². The summed E-state index contributed by atoms with van der Waals surface area (Å²) in [5.41, 5.74) is 4.12. The third-order valence-electron chi connectivity index (χ3n) is 6.25. The van der Waals surface area contributed by atoms with E-state index in [1.165, 1.54) is 0 Å². The zero-order chi connectivity index (χ0) is 23.3. The maximum atomic E-state index is 13.2. The maximum Gasteiger partial charge on any atom is 0.261 e. The molecule has 3 rings (SSSR count). The molecule has 5 nitrogen and oxygen atoms in total. The van der Waals surface area contributed by atoms with Gasteiger partial charge in [-0.15, -0.1) is 0 Å². The van der Waals surface area contributed by atoms with Gasteiger partial charge in [-0.25, -0.2) is 0 Å². The molecule has 1 N–H and O–H groups in total. The minimum Gasteiger partial charge on any atom is -0.483 e. The molecule has 0 aliphatic heterocycles. The van der Waals surface area contributed by atoms with Gasteiger partial charge in [0, 0.05) is 17.6 Å². The third kappa shape index (κ3) is 6.26. The molecule has 1 fully saturated rings. The SMILES string of the molecule is Cc1cc(C)c(C)c(OCC(=O)N(Cc2ccc(Cl)cc2)C(C)C(=O)NC2CCCC2)c1. The van der Waals surface area contributed by atoms with E-state index in [1.807, 2.05) is 39.0 Å². The van der Waals surface area contributed by atoms with Crippen LogP contribution in [-0.4, -0.2) is 35.4 Å². The van der Waals surface area contributed by atoms with Crippen molar-refractivity contribution in [3.05, 3.63) is 63.7 Å². The first-order valence-electron chi connectivity index (χ1n) is 11.3. The van der Waals surface area contributed by atoms with Gasteiger partial charge in [0.25, 0.3) is 5.91 Å². The Balaban J connectivity index is 1.74. The van der Waals surface area contributed by atoms with E-state index >= 15 is 0 Å². The minimum atomic E-state index is -0.609. The molecule has 0 spiro atoms. The van der Waals surface area contributed by atoms with Gasteiger partial charge in [0.2, 0.25) is 5.91 Å². The van der Waals surface area contributed by atoms with Crippen LogP contribution in [0.3, 0.4) is 0 Å². The highest BCUT2D eigenvalue weighted by atomic mass is 35.5. The molecule has 6 heteroatoms. The van der Waals surface area contributed by atoms with E-state index in [0.29, 0.717) is 17.3 Å². The zero-order valence-corrected chi connectivity index (χ0v) is 20.2. The second-order valence-electron chi connectivity index (χ2n) is 8.81. The molecule has 2 aromatic carbocycles. The Morgan fingerprint density at radius 3 is 2.44 bits per heavy atom. The number of rotatable bonds is 8. The maximum absolute atomic E-state index is 13.2. The summed E-state index contributed by atoms with van der Waals surface area (Å²) in [6.45, 7) is 7.98. The molecular formula is C26H33ClN2O3. The van der Waals surface area contributed by atoms with Crippen LogP contribution in [0.4, 0.5) is 0 Å². The summed E-state index contributed by atoms with van der Waals surface area (Å²) < 4.78 is 5.92. The molecule has 0 saturated heterocycles. The van der Waals surface area contributed by atoms with Crippen molar-refractivity contribution in [3.63, 3.8) is 0 Å². The van der Waals surface area contributed by atoms with Crippen molar-refractivity contribution in [3.8, 4) is 5.75 Å². The second kappa shape index (κ2) is 10.9. The summed E-state index contributed by atoms with van der Waals surface area (Å²) in [5, 5.41) is 3.74. The summed E-state index contributed by atoms with van der Waals surface area (Å²) >= 11 is 6.01. The smallest absolute Gasteiger partial charge is 0.261 e. The number of amides is 2. The molecule has 1 saturated carbocycles. The fourth-order valence-electron chi connectivity index (χ4n) is 4.13. The van der Waals surface area contributed by atoms with Crippen LogP contribution in [0.25, 0.3) is 0 Å². The van der Waals surface area contributed by atoms with Gasteiger partial charge in [0.15, 0.2) is 6.61 Å². The zero-order valence-electron chi connectivity index (χ0n) is 19.4. The predicted molar refractivity (Wildman–Crippen MR) is 128 cm³/mol. The first kappa shape index (κ1) is 24.1. The van der Waals surface area contributed by atoms with Crippen LogP contribution in [-0.2, 0) is 16.1 Å². The van der Waals surface area contributed by atoms with Gasteiger partial charge < -0.3 is 15.0 Å². The number of ether oxygens (including phenoxy) is 1. The summed E-state index contributed by atoms with van der Waals surface area (Å²) in [5.74, 6) is 0.347. The predicted octanol–water partition coefficient (Wildman–Crippen LogP) is 5.12. The molecule has 2 aromatic rings. The molecule has 0 radical (unpaired) electrons. The molecule has 0 bridgehead atoms. The lowest BCUT2D eigenvalue weighted by molar-refractivity contribution is -0.142. The van der Waals surface area contributed by atoms with Crippen molar-refractivity contribution in [1.82, 2.24) is 10.2 Å². The highest BCUT2D eigenvalue weighted by Gasteiger charge is 2.28. The van der Waals surface area contributed by atoms with Crippen molar-refractivity contribution in [2.45, 2.75) is 72.0 Å². The van der Waals surface area contributed by atoms with E-state index < -0.39 is 6.04 Å². The quantitative estimate of drug-likeness (QED) is 0.599. The number of hydrogen-bond acceptors (Lipinski definition) is 3. The number of carbonyl (C=O) groups excluding carboxylic acids is 2. The summed E-state index contributed by atoms with van der Waals surface area (Å²) in [6, 6.07) is 10.9. The van der Waals surface area contributed by atoms with Crippen LogP contribution in [0, 0.1) is 20.8 Å². The number of aryl methyl sites for hydroxylation is 2. The molecule has 2 amide bonds. The second-order valence-corrected chi connectivity index (χ2v) is 9.24. The Labute approximate surface area is 196 Å². The van der Waals surface area contributed by atoms with Crippen molar-refractivity contribution in [1.29, 1.82) is 0 Å². The average Bonchev–Trinajstić information content (AvgIpc) is 3.27. The standard InChI is InChI=1S/C26H33ClN2O3/c1-17-13-18(2)19(3)24(14-17)32-16-25(30)29(15-21-9-11-22(27)12-10-21)20(4)26(31)28-23-7-5-6-8-23/h9-14,20,23H,5-8,15-16H2,1-4H3,(H,28,31). The Morgan fingerprint density at radius 2 is 1.78 bits per heavy atom. The van der Waals surface area contributed by atoms with Gasteiger partial charge in [0.05, 0.1) is 0 Å². The number of carbonyl (C=O) groups is 2. The highest BCUT2D eigenvalue weighted by Crippen LogP contribution is 2.24. The van der Waals surface area contributed by atoms with Crippen molar-refractivity contribution in [2.75, 3.05) is 6.61 Å². The van der Waals surface area contributed by atoms with Crippen LogP contribution in [0.5, 0.6) is 5.75 Å². The summed E-state index contributed by atoms with van der Waals surface area (Å²) in [6.07, 6.45) is 4.27. The minimum absolute atomic E-state index is 0.123. The molecule has 0 aromatic heterocycles. The third-order valence-corrected chi connectivity index (χ3v) is 6.50. The molecule has 32 heavy (non-hydrogen) atoms. The van der Waals surface area contributed by atoms with Crippen molar-refractivity contribution in [2.24, 2.45) is 0 Å². The molecule has 1 unspecified atom stereocenters. The lowest BCUT2D eigenvalue weighted by atomic mass is 10.1. The Hall–Kier alpha value is -2.53. The van der Waals surface area contributed by atoms with Crippen molar-refractivity contribution < 1.29 is 14.3 Å². The van der Waals surface area contributed by atoms with Gasteiger partial charge in [-0.3, -0.25) is 9.59 Å². The Kier molecular flexibility index (Phi) is 8.19. The molecule has 0 heterocycles. The van der Waals surface area contributed by atoms with Gasteiger partial charge >= 0.3 is 0 Å². The van der Waals surface area contributed by atoms with E-state index in [4.69, 9.17) is 16.3 Å². The molecule has 1 aliphatic carbocycles. The van der Waals surface area contributed by atoms with E-state index in [0.717, 1.165) is 47.9 Å². The largest absolute Gasteiger partial charge is 0.483 e. The normalized spacial score (nSPS) is 14.8. The average molecular weight is 457 g/mol. The molecule has 1 atom stereocenters. The summed E-state index contributed by atoms with van der Waals surface area (Å²) in [4.78, 5) is 27.8. The van der Waals surface area contributed by atoms with Gasteiger partial charge in [-0.2, -0.15) is 0 Å². The lowest BCUT2D eigenvalue weighted by Crippen LogP contribution is -2.50. The number of nitrogens with one attached hydrogen (secondary N) is 1. The number of benzene rings is 2. The van der Waals surface area contributed by atoms with E-state index in [2.05, 4.69) is 11.4 Å². The first-order chi connectivity index (χ1) is 15.2. The van der Waals surface area contributed by atoms with E-state index in [-0.39, 0.29) is 24.5 Å². The van der Waals surface area contributed by atoms with Crippen LogP contribution in [0.2, 0.25) is 5.02 Å². The number of hydrogen-bond donors (Lipinski definition) is 1. The van der Waals surface area contributed by atoms with Crippen LogP contribution in [0.15, 0.2) is 36.4 Å². The first-order valence-corrected chi connectivity index (χ1v) is 11.7. The molecular weight excluding hydrogens is 424 g/mol. The fraction of sp³-hybridized carbons (Fsp3) is 0.462. The van der Waals surface area contributed by atoms with Gasteiger partial charge in [-0.1, -0.05) is 42.6 Å². The Morgan fingerprint density at radius 1 is 1.12 bits per heavy atom. The fourth-order valence-corrected chi connectivity index (χ4v) is 4.26. The topological polar surface area (TPSA) is 58.6 Å². The van der Waals surface area contributed by atoms with E-state index in [9.17, 15) is 9.59 Å². The van der Waals surface area contributed by atoms with E-state index in [1.54, 1.807) is 24.0 Å². The van der Waals surface area contributed by atoms with Gasteiger partial charge in [-0.05, 0) is 81.0 Å². The van der Waals surface area contributed by atoms with Crippen LogP contribution < -0.4 is 10.1 Å². The molecule has 1 aliphatic rings. The van der Waals surface area contributed by atoms with Gasteiger partial charge in [0.1, 0.15) is 11.8 Å². The molecule has 172 valence electrons. The monoisotopic (exact) mass is 456 g/mol. The highest BCUT2D eigenvalue weighted by molar-refractivity contribution is 6.30. The summed E-state index contributed by atoms with van der Waals surface area (Å²) in [7, 11) is 0. The lowest BCUT2D eigenvalue weighted by Gasteiger charge is -2.30.